The normalized spacial score (nSPS) is 14.8. The minimum Gasteiger partial charge on any atom is -0.493 e. The Balaban J connectivity index is 2.08. The summed E-state index contributed by atoms with van der Waals surface area (Å²) in [7, 11) is 0. The second kappa shape index (κ2) is 5.57. The van der Waals surface area contributed by atoms with E-state index in [1.54, 1.807) is 18.2 Å². The summed E-state index contributed by atoms with van der Waals surface area (Å²) in [6.45, 7) is 0.620. The molecule has 2 aromatic rings. The Morgan fingerprint density at radius 2 is 1.85 bits per heavy atom. The van der Waals surface area contributed by atoms with E-state index < -0.39 is 6.10 Å². The van der Waals surface area contributed by atoms with Crippen molar-refractivity contribution in [3.8, 4) is 5.75 Å². The van der Waals surface area contributed by atoms with Gasteiger partial charge in [-0.3, -0.25) is 0 Å². The zero-order valence-electron chi connectivity index (χ0n) is 10.4. The Kier molecular flexibility index (Phi) is 3.95. The van der Waals surface area contributed by atoms with Crippen LogP contribution < -0.4 is 4.74 Å². The Labute approximate surface area is 135 Å². The fraction of sp³-hybridized carbons (Fsp3) is 0.200. The number of hydrogen-bond donors (Lipinski definition) is 1. The molecule has 1 N–H and O–H groups in total. The van der Waals surface area contributed by atoms with E-state index >= 15 is 0 Å². The molecule has 1 aliphatic heterocycles. The summed E-state index contributed by atoms with van der Waals surface area (Å²) in [4.78, 5) is 0. The SMILES string of the molecule is OC(c1cc(Cl)cc(Br)c1)c1cc(Cl)cc2c1OCC2. The maximum absolute atomic E-state index is 10.6. The average Bonchev–Trinajstić information content (AvgIpc) is 2.83. The molecule has 104 valence electrons. The monoisotopic (exact) mass is 372 g/mol. The maximum atomic E-state index is 10.6. The molecule has 1 heterocycles. The number of fused-ring (bicyclic) bond motifs is 1. The highest BCUT2D eigenvalue weighted by molar-refractivity contribution is 9.10. The van der Waals surface area contributed by atoms with Gasteiger partial charge in [-0.15, -0.1) is 0 Å². The van der Waals surface area contributed by atoms with Crippen molar-refractivity contribution in [3.63, 3.8) is 0 Å². The van der Waals surface area contributed by atoms with E-state index in [9.17, 15) is 5.11 Å². The highest BCUT2D eigenvalue weighted by Gasteiger charge is 2.23. The molecule has 0 saturated carbocycles. The molecule has 0 bridgehead atoms. The molecule has 1 atom stereocenters. The van der Waals surface area contributed by atoms with Crippen molar-refractivity contribution in [2.24, 2.45) is 0 Å². The molecule has 1 aliphatic rings. The third kappa shape index (κ3) is 2.68. The van der Waals surface area contributed by atoms with Crippen LogP contribution >= 0.6 is 39.1 Å². The molecule has 0 aromatic heterocycles. The van der Waals surface area contributed by atoms with E-state index in [4.69, 9.17) is 27.9 Å². The van der Waals surface area contributed by atoms with Gasteiger partial charge in [-0.05, 0) is 41.5 Å². The van der Waals surface area contributed by atoms with Gasteiger partial charge in [0.1, 0.15) is 11.9 Å². The van der Waals surface area contributed by atoms with Gasteiger partial charge in [-0.1, -0.05) is 39.1 Å². The maximum Gasteiger partial charge on any atom is 0.128 e. The summed E-state index contributed by atoms with van der Waals surface area (Å²) in [5, 5.41) is 11.8. The third-order valence-corrected chi connectivity index (χ3v) is 4.17. The first-order valence-corrected chi connectivity index (χ1v) is 7.68. The lowest BCUT2D eigenvalue weighted by Crippen LogP contribution is -2.02. The summed E-state index contributed by atoms with van der Waals surface area (Å²) in [5.41, 5.74) is 2.41. The summed E-state index contributed by atoms with van der Waals surface area (Å²) >= 11 is 15.5. The van der Waals surface area contributed by atoms with E-state index in [0.29, 0.717) is 27.8 Å². The molecular formula is C15H11BrCl2O2. The van der Waals surface area contributed by atoms with Crippen molar-refractivity contribution >= 4 is 39.1 Å². The largest absolute Gasteiger partial charge is 0.493 e. The minimum atomic E-state index is -0.824. The number of hydrogen-bond acceptors (Lipinski definition) is 2. The lowest BCUT2D eigenvalue weighted by atomic mass is 9.98. The van der Waals surface area contributed by atoms with Crippen molar-refractivity contribution in [1.29, 1.82) is 0 Å². The quantitative estimate of drug-likeness (QED) is 0.821. The van der Waals surface area contributed by atoms with Crippen molar-refractivity contribution in [2.75, 3.05) is 6.61 Å². The smallest absolute Gasteiger partial charge is 0.128 e. The molecule has 0 saturated heterocycles. The molecule has 2 nitrogen and oxygen atoms in total. The molecule has 0 amide bonds. The summed E-state index contributed by atoms with van der Waals surface area (Å²) < 4.78 is 6.44. The van der Waals surface area contributed by atoms with Crippen LogP contribution in [0.25, 0.3) is 0 Å². The van der Waals surface area contributed by atoms with Crippen molar-refractivity contribution in [1.82, 2.24) is 0 Å². The molecular weight excluding hydrogens is 363 g/mol. The van der Waals surface area contributed by atoms with E-state index in [1.807, 2.05) is 12.1 Å². The molecule has 2 aromatic carbocycles. The standard InChI is InChI=1S/C15H11BrCl2O2/c16-10-3-9(5-11(17)6-10)14(19)13-7-12(18)4-8-1-2-20-15(8)13/h3-7,14,19H,1-2H2. The summed E-state index contributed by atoms with van der Waals surface area (Å²) in [6, 6.07) is 8.97. The second-order valence-electron chi connectivity index (χ2n) is 4.69. The first kappa shape index (κ1) is 14.2. The Morgan fingerprint density at radius 3 is 2.60 bits per heavy atom. The number of aliphatic hydroxyl groups excluding tert-OH is 1. The highest BCUT2D eigenvalue weighted by atomic mass is 79.9. The summed E-state index contributed by atoms with van der Waals surface area (Å²) in [6.07, 6.45) is -0.00923. The van der Waals surface area contributed by atoms with E-state index in [-0.39, 0.29) is 0 Å². The molecule has 5 heteroatoms. The molecule has 0 radical (unpaired) electrons. The van der Waals surface area contributed by atoms with Crippen LogP contribution in [0.2, 0.25) is 10.0 Å². The summed E-state index contributed by atoms with van der Waals surface area (Å²) in [5.74, 6) is 0.734. The Bertz CT molecular complexity index is 653. The van der Waals surface area contributed by atoms with Gasteiger partial charge < -0.3 is 9.84 Å². The van der Waals surface area contributed by atoms with Gasteiger partial charge in [0.25, 0.3) is 0 Å². The zero-order chi connectivity index (χ0) is 14.3. The van der Waals surface area contributed by atoms with Crippen LogP contribution in [0.15, 0.2) is 34.8 Å². The van der Waals surface area contributed by atoms with Crippen LogP contribution in [0.5, 0.6) is 5.75 Å². The number of ether oxygens (including phenoxy) is 1. The number of aliphatic hydroxyl groups is 1. The fourth-order valence-electron chi connectivity index (χ4n) is 2.41. The number of benzene rings is 2. The molecule has 0 fully saturated rings. The highest BCUT2D eigenvalue weighted by Crippen LogP contribution is 2.39. The lowest BCUT2D eigenvalue weighted by molar-refractivity contribution is 0.213. The topological polar surface area (TPSA) is 29.5 Å². The van der Waals surface area contributed by atoms with Crippen molar-refractivity contribution in [2.45, 2.75) is 12.5 Å². The first-order valence-electron chi connectivity index (χ1n) is 6.14. The van der Waals surface area contributed by atoms with Crippen LogP contribution in [-0.2, 0) is 6.42 Å². The van der Waals surface area contributed by atoms with Crippen LogP contribution in [0.1, 0.15) is 22.8 Å². The second-order valence-corrected chi connectivity index (χ2v) is 6.48. The van der Waals surface area contributed by atoms with Crippen LogP contribution in [0.4, 0.5) is 0 Å². The number of rotatable bonds is 2. The van der Waals surface area contributed by atoms with Gasteiger partial charge in [0.05, 0.1) is 6.61 Å². The van der Waals surface area contributed by atoms with Crippen LogP contribution in [0.3, 0.4) is 0 Å². The van der Waals surface area contributed by atoms with Crippen LogP contribution in [0, 0.1) is 0 Å². The Hall–Kier alpha value is -0.740. The number of halogens is 3. The fourth-order valence-corrected chi connectivity index (χ4v) is 3.55. The average molecular weight is 374 g/mol. The lowest BCUT2D eigenvalue weighted by Gasteiger charge is -2.16. The predicted octanol–water partition coefficient (Wildman–Crippen LogP) is 4.77. The molecule has 20 heavy (non-hydrogen) atoms. The molecule has 0 spiro atoms. The zero-order valence-corrected chi connectivity index (χ0v) is 13.5. The minimum absolute atomic E-state index is 0.563. The first-order chi connectivity index (χ1) is 9.54. The molecule has 3 rings (SSSR count). The van der Waals surface area contributed by atoms with E-state index in [1.165, 1.54) is 0 Å². The van der Waals surface area contributed by atoms with Crippen molar-refractivity contribution < 1.29 is 9.84 Å². The van der Waals surface area contributed by atoms with Crippen LogP contribution in [-0.4, -0.2) is 11.7 Å². The van der Waals surface area contributed by atoms with Gasteiger partial charge in [-0.2, -0.15) is 0 Å². The van der Waals surface area contributed by atoms with Gasteiger partial charge in [-0.25, -0.2) is 0 Å². The van der Waals surface area contributed by atoms with Gasteiger partial charge >= 0.3 is 0 Å². The molecule has 0 aliphatic carbocycles. The third-order valence-electron chi connectivity index (χ3n) is 3.27. The van der Waals surface area contributed by atoms with E-state index in [2.05, 4.69) is 15.9 Å². The predicted molar refractivity (Wildman–Crippen MR) is 83.9 cm³/mol. The Morgan fingerprint density at radius 1 is 1.10 bits per heavy atom. The van der Waals surface area contributed by atoms with Crippen molar-refractivity contribution in [3.05, 3.63) is 61.5 Å². The molecule has 1 unspecified atom stereocenters. The van der Waals surface area contributed by atoms with Gasteiger partial charge in [0.2, 0.25) is 0 Å². The van der Waals surface area contributed by atoms with E-state index in [0.717, 1.165) is 22.2 Å². The van der Waals surface area contributed by atoms with Gasteiger partial charge in [0, 0.05) is 26.5 Å². The van der Waals surface area contributed by atoms with Gasteiger partial charge in [0.15, 0.2) is 0 Å².